The lowest BCUT2D eigenvalue weighted by atomic mass is 10.2. The normalized spacial score (nSPS) is 11.0. The zero-order valence-corrected chi connectivity index (χ0v) is 9.05. The van der Waals surface area contributed by atoms with Crippen LogP contribution >= 0.6 is 0 Å². The molecule has 0 saturated heterocycles. The summed E-state index contributed by atoms with van der Waals surface area (Å²) < 4.78 is 14.7. The molecule has 0 unspecified atom stereocenters. The summed E-state index contributed by atoms with van der Waals surface area (Å²) in [5.74, 6) is 0.0504. The molecule has 1 aromatic heterocycles. The van der Waals surface area contributed by atoms with E-state index in [1.807, 2.05) is 13.8 Å². The third-order valence-corrected chi connectivity index (χ3v) is 2.26. The highest BCUT2D eigenvalue weighted by molar-refractivity contribution is 5.63. The lowest BCUT2D eigenvalue weighted by Gasteiger charge is -2.10. The number of nitrogens with zero attached hydrogens (tertiary/aromatic N) is 3. The molecule has 0 radical (unpaired) electrons. The van der Waals surface area contributed by atoms with Gasteiger partial charge in [0.2, 0.25) is 0 Å². The number of phenols is 1. The van der Waals surface area contributed by atoms with Crippen LogP contribution in [0.3, 0.4) is 0 Å². The van der Waals surface area contributed by atoms with Crippen molar-refractivity contribution in [3.05, 3.63) is 30.3 Å². The first-order chi connectivity index (χ1) is 7.59. The van der Waals surface area contributed by atoms with E-state index in [9.17, 15) is 9.50 Å². The van der Waals surface area contributed by atoms with Crippen molar-refractivity contribution in [2.45, 2.75) is 19.9 Å². The third-order valence-electron chi connectivity index (χ3n) is 2.26. The monoisotopic (exact) mass is 221 g/mol. The molecule has 0 aliphatic carbocycles. The minimum absolute atomic E-state index is 0.00343. The minimum Gasteiger partial charge on any atom is -0.507 e. The first-order valence-electron chi connectivity index (χ1n) is 4.98. The van der Waals surface area contributed by atoms with Gasteiger partial charge in [-0.3, -0.25) is 0 Å². The molecule has 0 spiro atoms. The largest absolute Gasteiger partial charge is 0.507 e. The fourth-order valence-corrected chi connectivity index (χ4v) is 1.51. The molecular weight excluding hydrogens is 209 g/mol. The van der Waals surface area contributed by atoms with Gasteiger partial charge < -0.3 is 5.11 Å². The molecular formula is C11H12FN3O. The summed E-state index contributed by atoms with van der Waals surface area (Å²) in [5, 5.41) is 13.7. The molecule has 1 aromatic carbocycles. The molecule has 2 rings (SSSR count). The molecule has 0 amide bonds. The predicted molar refractivity (Wildman–Crippen MR) is 57.5 cm³/mol. The van der Waals surface area contributed by atoms with Crippen molar-refractivity contribution >= 4 is 0 Å². The van der Waals surface area contributed by atoms with Gasteiger partial charge in [-0.1, -0.05) is 0 Å². The summed E-state index contributed by atoms with van der Waals surface area (Å²) in [6, 6.07) is 3.86. The summed E-state index contributed by atoms with van der Waals surface area (Å²) in [6.45, 7) is 3.88. The molecule has 0 aliphatic heterocycles. The maximum atomic E-state index is 13.1. The standard InChI is InChI=1S/C11H12FN3O/c1-7(2)15-11(13-6-14-15)9-5-8(12)3-4-10(9)16/h3-7,16H,1-2H3. The first kappa shape index (κ1) is 10.6. The van der Waals surface area contributed by atoms with Crippen LogP contribution in [0.15, 0.2) is 24.5 Å². The smallest absolute Gasteiger partial charge is 0.162 e. The van der Waals surface area contributed by atoms with E-state index in [1.165, 1.54) is 24.5 Å². The van der Waals surface area contributed by atoms with Gasteiger partial charge >= 0.3 is 0 Å². The second-order valence-corrected chi connectivity index (χ2v) is 3.78. The topological polar surface area (TPSA) is 50.9 Å². The predicted octanol–water partition coefficient (Wildman–Crippen LogP) is 2.37. The quantitative estimate of drug-likeness (QED) is 0.847. The Balaban J connectivity index is 2.58. The molecule has 84 valence electrons. The molecule has 4 nitrogen and oxygen atoms in total. The number of halogens is 1. The van der Waals surface area contributed by atoms with Gasteiger partial charge in [-0.15, -0.1) is 0 Å². The number of rotatable bonds is 2. The molecule has 2 aromatic rings. The van der Waals surface area contributed by atoms with Crippen LogP contribution in [-0.2, 0) is 0 Å². The van der Waals surface area contributed by atoms with Crippen molar-refractivity contribution in [1.82, 2.24) is 14.8 Å². The summed E-state index contributed by atoms with van der Waals surface area (Å²) in [6.07, 6.45) is 1.39. The molecule has 0 aliphatic rings. The minimum atomic E-state index is -0.411. The average molecular weight is 221 g/mol. The number of hydrogen-bond acceptors (Lipinski definition) is 3. The molecule has 0 bridgehead atoms. The Morgan fingerprint density at radius 3 is 2.81 bits per heavy atom. The third kappa shape index (κ3) is 1.76. The fourth-order valence-electron chi connectivity index (χ4n) is 1.51. The maximum Gasteiger partial charge on any atom is 0.162 e. The van der Waals surface area contributed by atoms with Crippen LogP contribution in [0.4, 0.5) is 4.39 Å². The van der Waals surface area contributed by atoms with Crippen LogP contribution in [0.1, 0.15) is 19.9 Å². The van der Waals surface area contributed by atoms with E-state index < -0.39 is 5.82 Å². The van der Waals surface area contributed by atoms with E-state index >= 15 is 0 Å². The van der Waals surface area contributed by atoms with Gasteiger partial charge in [-0.05, 0) is 32.0 Å². The maximum absolute atomic E-state index is 13.1. The Hall–Kier alpha value is -1.91. The lowest BCUT2D eigenvalue weighted by Crippen LogP contribution is -2.05. The number of aromatic nitrogens is 3. The van der Waals surface area contributed by atoms with Crippen molar-refractivity contribution in [2.75, 3.05) is 0 Å². The Morgan fingerprint density at radius 1 is 1.38 bits per heavy atom. The van der Waals surface area contributed by atoms with E-state index in [0.29, 0.717) is 11.4 Å². The Morgan fingerprint density at radius 2 is 2.12 bits per heavy atom. The fraction of sp³-hybridized carbons (Fsp3) is 0.273. The van der Waals surface area contributed by atoms with Crippen LogP contribution in [0.2, 0.25) is 0 Å². The van der Waals surface area contributed by atoms with Crippen molar-refractivity contribution in [3.63, 3.8) is 0 Å². The number of benzene rings is 1. The lowest BCUT2D eigenvalue weighted by molar-refractivity contribution is 0.472. The van der Waals surface area contributed by atoms with Gasteiger partial charge in [0.1, 0.15) is 17.9 Å². The molecule has 0 saturated carbocycles. The van der Waals surface area contributed by atoms with Crippen molar-refractivity contribution in [2.24, 2.45) is 0 Å². The summed E-state index contributed by atoms with van der Waals surface area (Å²) in [5.41, 5.74) is 0.353. The highest BCUT2D eigenvalue weighted by Gasteiger charge is 2.14. The highest BCUT2D eigenvalue weighted by Crippen LogP contribution is 2.29. The summed E-state index contributed by atoms with van der Waals surface area (Å²) in [7, 11) is 0. The molecule has 1 N–H and O–H groups in total. The molecule has 16 heavy (non-hydrogen) atoms. The van der Waals surface area contributed by atoms with E-state index in [-0.39, 0.29) is 11.8 Å². The molecule has 0 fully saturated rings. The van der Waals surface area contributed by atoms with Gasteiger partial charge in [0.05, 0.1) is 5.56 Å². The summed E-state index contributed by atoms with van der Waals surface area (Å²) in [4.78, 5) is 4.03. The van der Waals surface area contributed by atoms with E-state index in [1.54, 1.807) is 4.68 Å². The average Bonchev–Trinajstić information content (AvgIpc) is 2.70. The molecule has 0 atom stereocenters. The first-order valence-corrected chi connectivity index (χ1v) is 4.98. The SMILES string of the molecule is CC(C)n1ncnc1-c1cc(F)ccc1O. The van der Waals surface area contributed by atoms with Gasteiger partial charge in [0.15, 0.2) is 5.82 Å². The van der Waals surface area contributed by atoms with Crippen molar-refractivity contribution in [3.8, 4) is 17.1 Å². The number of phenolic OH excluding ortho intramolecular Hbond substituents is 1. The van der Waals surface area contributed by atoms with Crippen molar-refractivity contribution < 1.29 is 9.50 Å². The Kier molecular flexibility index (Phi) is 2.60. The summed E-state index contributed by atoms with van der Waals surface area (Å²) >= 11 is 0. The molecule has 1 heterocycles. The number of hydrogen-bond donors (Lipinski definition) is 1. The zero-order chi connectivity index (χ0) is 11.7. The van der Waals surface area contributed by atoms with E-state index in [0.717, 1.165) is 0 Å². The van der Waals surface area contributed by atoms with Crippen molar-refractivity contribution in [1.29, 1.82) is 0 Å². The Bertz CT molecular complexity index is 508. The second kappa shape index (κ2) is 3.92. The second-order valence-electron chi connectivity index (χ2n) is 3.78. The van der Waals surface area contributed by atoms with Gasteiger partial charge in [-0.2, -0.15) is 5.10 Å². The number of aromatic hydroxyl groups is 1. The van der Waals surface area contributed by atoms with E-state index in [4.69, 9.17) is 0 Å². The van der Waals surface area contributed by atoms with E-state index in [2.05, 4.69) is 10.1 Å². The zero-order valence-electron chi connectivity index (χ0n) is 9.05. The van der Waals surface area contributed by atoms with Crippen LogP contribution in [-0.4, -0.2) is 19.9 Å². The van der Waals surface area contributed by atoms with Gasteiger partial charge in [-0.25, -0.2) is 14.1 Å². The van der Waals surface area contributed by atoms with Gasteiger partial charge in [0, 0.05) is 6.04 Å². The van der Waals surface area contributed by atoms with Crippen LogP contribution < -0.4 is 0 Å². The van der Waals surface area contributed by atoms with Crippen LogP contribution in [0.5, 0.6) is 5.75 Å². The van der Waals surface area contributed by atoms with Crippen LogP contribution in [0.25, 0.3) is 11.4 Å². The Labute approximate surface area is 92.4 Å². The molecule has 5 heteroatoms. The van der Waals surface area contributed by atoms with Crippen LogP contribution in [0, 0.1) is 5.82 Å². The van der Waals surface area contributed by atoms with Gasteiger partial charge in [0.25, 0.3) is 0 Å². The highest BCUT2D eigenvalue weighted by atomic mass is 19.1.